The van der Waals surface area contributed by atoms with Crippen molar-refractivity contribution in [1.29, 1.82) is 0 Å². The molecule has 0 spiro atoms. The summed E-state index contributed by atoms with van der Waals surface area (Å²) in [6.45, 7) is 5.15. The van der Waals surface area contributed by atoms with Gasteiger partial charge in [-0.15, -0.1) is 0 Å². The molecule has 1 saturated heterocycles. The van der Waals surface area contributed by atoms with E-state index in [2.05, 4.69) is 82.6 Å². The van der Waals surface area contributed by atoms with Gasteiger partial charge in [0.05, 0.1) is 20.3 Å². The van der Waals surface area contributed by atoms with Crippen LogP contribution >= 0.6 is 0 Å². The van der Waals surface area contributed by atoms with Crippen LogP contribution in [0.25, 0.3) is 6.08 Å². The summed E-state index contributed by atoms with van der Waals surface area (Å²) in [6, 6.07) is 27.9. The maximum absolute atomic E-state index is 9.55. The lowest BCUT2D eigenvalue weighted by molar-refractivity contribution is -0.134. The number of piperazine rings is 1. The Bertz CT molecular complexity index is 1210. The van der Waals surface area contributed by atoms with Gasteiger partial charge in [-0.2, -0.15) is 0 Å². The van der Waals surface area contributed by atoms with Crippen LogP contribution in [-0.4, -0.2) is 78.9 Å². The maximum atomic E-state index is 9.55. The topological polar surface area (TPSA) is 99.5 Å². The van der Waals surface area contributed by atoms with Gasteiger partial charge in [-0.3, -0.25) is 9.80 Å². The first-order chi connectivity index (χ1) is 19.4. The average Bonchev–Trinajstić information content (AvgIpc) is 2.98. The summed E-state index contributed by atoms with van der Waals surface area (Å²) in [5.41, 5.74) is 3.79. The molecule has 8 heteroatoms. The number of aliphatic carboxylic acids is 2. The Kier molecular flexibility index (Phi) is 12.0. The number of hydrogen-bond acceptors (Lipinski definition) is 6. The molecule has 1 aliphatic rings. The van der Waals surface area contributed by atoms with Gasteiger partial charge in [0.2, 0.25) is 0 Å². The first kappa shape index (κ1) is 30.1. The van der Waals surface area contributed by atoms with Gasteiger partial charge in [-0.1, -0.05) is 72.8 Å². The molecule has 4 rings (SSSR count). The quantitative estimate of drug-likeness (QED) is 0.350. The van der Waals surface area contributed by atoms with Gasteiger partial charge in [0, 0.05) is 56.5 Å². The number of rotatable bonds is 10. The molecule has 1 fully saturated rings. The van der Waals surface area contributed by atoms with Crippen LogP contribution in [0, 0.1) is 0 Å². The number of carbonyl (C=O) groups is 2. The standard InChI is InChI=1S/C28H32N2O2.C4H4O4/c1-31-26-16-15-23(27(22-26)32-2)14-9-17-29-18-20-30(21-19-29)28(24-10-5-3-6-11-24)25-12-7-4-8-13-25;5-3(6)1-2-4(7)8/h3-16,22,28H,17-21H2,1-2H3;1-2H,(H,5,6)(H,7,8). The highest BCUT2D eigenvalue weighted by atomic mass is 16.5. The molecule has 0 saturated carbocycles. The summed E-state index contributed by atoms with van der Waals surface area (Å²) in [5, 5.41) is 15.6. The molecule has 0 bridgehead atoms. The van der Waals surface area contributed by atoms with Crippen LogP contribution < -0.4 is 9.47 Å². The molecule has 3 aromatic carbocycles. The molecule has 2 N–H and O–H groups in total. The van der Waals surface area contributed by atoms with Crippen LogP contribution in [0.1, 0.15) is 22.7 Å². The minimum absolute atomic E-state index is 0.304. The lowest BCUT2D eigenvalue weighted by Crippen LogP contribution is -2.47. The molecule has 210 valence electrons. The molecule has 0 amide bonds. The van der Waals surface area contributed by atoms with E-state index in [0.717, 1.165) is 49.8 Å². The highest BCUT2D eigenvalue weighted by Crippen LogP contribution is 2.29. The second-order valence-corrected chi connectivity index (χ2v) is 9.08. The summed E-state index contributed by atoms with van der Waals surface area (Å²) < 4.78 is 10.8. The number of benzene rings is 3. The largest absolute Gasteiger partial charge is 0.497 e. The number of carboxylic acids is 2. The predicted octanol–water partition coefficient (Wildman–Crippen LogP) is 4.84. The van der Waals surface area contributed by atoms with Crippen molar-refractivity contribution < 1.29 is 29.3 Å². The molecule has 1 aliphatic heterocycles. The Hall–Kier alpha value is -4.40. The number of nitrogens with zero attached hydrogens (tertiary/aromatic N) is 2. The zero-order valence-electron chi connectivity index (χ0n) is 22.8. The van der Waals surface area contributed by atoms with E-state index in [1.807, 2.05) is 18.2 Å². The molecule has 8 nitrogen and oxygen atoms in total. The Balaban J connectivity index is 0.000000482. The van der Waals surface area contributed by atoms with Crippen molar-refractivity contribution in [1.82, 2.24) is 9.80 Å². The zero-order valence-corrected chi connectivity index (χ0v) is 22.8. The van der Waals surface area contributed by atoms with Gasteiger partial charge in [-0.05, 0) is 23.3 Å². The van der Waals surface area contributed by atoms with Crippen molar-refractivity contribution >= 4 is 18.0 Å². The van der Waals surface area contributed by atoms with E-state index < -0.39 is 11.9 Å². The minimum atomic E-state index is -1.26. The van der Waals surface area contributed by atoms with Crippen LogP contribution in [0.15, 0.2) is 97.1 Å². The molecule has 0 atom stereocenters. The summed E-state index contributed by atoms with van der Waals surface area (Å²) in [5.74, 6) is -0.875. The van der Waals surface area contributed by atoms with Crippen LogP contribution in [-0.2, 0) is 9.59 Å². The van der Waals surface area contributed by atoms with E-state index in [1.54, 1.807) is 14.2 Å². The molecule has 0 radical (unpaired) electrons. The average molecular weight is 545 g/mol. The van der Waals surface area contributed by atoms with E-state index in [1.165, 1.54) is 11.1 Å². The molecule has 0 unspecified atom stereocenters. The molecule has 40 heavy (non-hydrogen) atoms. The Morgan fingerprint density at radius 3 is 1.82 bits per heavy atom. The highest BCUT2D eigenvalue weighted by molar-refractivity contribution is 5.89. The van der Waals surface area contributed by atoms with Crippen molar-refractivity contribution in [2.45, 2.75) is 6.04 Å². The SMILES string of the molecule is COc1ccc(C=CCN2CCN(C(c3ccccc3)c3ccccc3)CC2)c(OC)c1.O=C(O)C=CC(=O)O. The van der Waals surface area contributed by atoms with Crippen LogP contribution in [0.4, 0.5) is 0 Å². The summed E-state index contributed by atoms with van der Waals surface area (Å²) >= 11 is 0. The molecule has 1 heterocycles. The van der Waals surface area contributed by atoms with Crippen molar-refractivity contribution in [2.75, 3.05) is 46.9 Å². The normalized spacial score (nSPS) is 14.2. The lowest BCUT2D eigenvalue weighted by atomic mass is 9.96. The summed E-state index contributed by atoms with van der Waals surface area (Å²) in [4.78, 5) is 24.2. The summed E-state index contributed by atoms with van der Waals surface area (Å²) in [6.07, 6.45) is 5.48. The molecule has 0 aromatic heterocycles. The van der Waals surface area contributed by atoms with Crippen LogP contribution in [0.5, 0.6) is 11.5 Å². The van der Waals surface area contributed by atoms with Crippen molar-refractivity contribution in [3.63, 3.8) is 0 Å². The van der Waals surface area contributed by atoms with Gasteiger partial charge in [0.15, 0.2) is 0 Å². The van der Waals surface area contributed by atoms with Crippen LogP contribution in [0.3, 0.4) is 0 Å². The van der Waals surface area contributed by atoms with Gasteiger partial charge in [0.1, 0.15) is 11.5 Å². The fourth-order valence-electron chi connectivity index (χ4n) is 4.52. The smallest absolute Gasteiger partial charge is 0.328 e. The monoisotopic (exact) mass is 544 g/mol. The molecular formula is C32H36N2O6. The Morgan fingerprint density at radius 2 is 1.35 bits per heavy atom. The third kappa shape index (κ3) is 9.41. The van der Waals surface area contributed by atoms with E-state index in [-0.39, 0.29) is 0 Å². The Morgan fingerprint density at radius 1 is 0.800 bits per heavy atom. The second kappa shape index (κ2) is 15.9. The Labute approximate surface area is 235 Å². The van der Waals surface area contributed by atoms with Gasteiger partial charge < -0.3 is 19.7 Å². The minimum Gasteiger partial charge on any atom is -0.497 e. The fourth-order valence-corrected chi connectivity index (χ4v) is 4.52. The predicted molar refractivity (Wildman–Crippen MR) is 156 cm³/mol. The molecular weight excluding hydrogens is 508 g/mol. The zero-order chi connectivity index (χ0) is 28.7. The second-order valence-electron chi connectivity index (χ2n) is 9.08. The van der Waals surface area contributed by atoms with Gasteiger partial charge in [-0.25, -0.2) is 9.59 Å². The number of ether oxygens (including phenoxy) is 2. The van der Waals surface area contributed by atoms with E-state index in [4.69, 9.17) is 19.7 Å². The van der Waals surface area contributed by atoms with E-state index in [0.29, 0.717) is 18.2 Å². The van der Waals surface area contributed by atoms with Gasteiger partial charge >= 0.3 is 11.9 Å². The first-order valence-electron chi connectivity index (χ1n) is 13.0. The van der Waals surface area contributed by atoms with E-state index >= 15 is 0 Å². The lowest BCUT2D eigenvalue weighted by Gasteiger charge is -2.39. The van der Waals surface area contributed by atoms with Gasteiger partial charge in [0.25, 0.3) is 0 Å². The highest BCUT2D eigenvalue weighted by Gasteiger charge is 2.25. The molecule has 0 aliphatic carbocycles. The molecule has 3 aromatic rings. The fraction of sp³-hybridized carbons (Fsp3) is 0.250. The summed E-state index contributed by atoms with van der Waals surface area (Å²) in [7, 11) is 3.37. The van der Waals surface area contributed by atoms with Crippen molar-refractivity contribution in [2.24, 2.45) is 0 Å². The third-order valence-corrected chi connectivity index (χ3v) is 6.47. The van der Waals surface area contributed by atoms with E-state index in [9.17, 15) is 9.59 Å². The number of methoxy groups -OCH3 is 2. The first-order valence-corrected chi connectivity index (χ1v) is 13.0. The number of carboxylic acid groups (broad SMARTS) is 2. The third-order valence-electron chi connectivity index (χ3n) is 6.47. The number of hydrogen-bond donors (Lipinski definition) is 2. The van der Waals surface area contributed by atoms with Crippen LogP contribution in [0.2, 0.25) is 0 Å². The van der Waals surface area contributed by atoms with Crippen molar-refractivity contribution in [3.8, 4) is 11.5 Å². The van der Waals surface area contributed by atoms with Crippen molar-refractivity contribution in [3.05, 3.63) is 114 Å². The maximum Gasteiger partial charge on any atom is 0.328 e.